The van der Waals surface area contributed by atoms with E-state index in [1.54, 1.807) is 5.38 Å². The van der Waals surface area contributed by atoms with E-state index in [1.807, 2.05) is 28.9 Å². The van der Waals surface area contributed by atoms with Crippen molar-refractivity contribution in [3.63, 3.8) is 0 Å². The van der Waals surface area contributed by atoms with Crippen molar-refractivity contribution < 1.29 is 4.79 Å². The Morgan fingerprint density at radius 2 is 2.38 bits per heavy atom. The number of carbonyl (C=O) groups is 1. The van der Waals surface area contributed by atoms with Crippen LogP contribution in [0.15, 0.2) is 24.1 Å². The van der Waals surface area contributed by atoms with Gasteiger partial charge in [0.15, 0.2) is 10.8 Å². The highest BCUT2D eigenvalue weighted by atomic mass is 32.1. The molecule has 1 fully saturated rings. The lowest BCUT2D eigenvalue weighted by molar-refractivity contribution is 0.0668. The largest absolute Gasteiger partial charge is 0.335 e. The fraction of sp³-hybridized carbons (Fsp3) is 0.400. The Bertz CT molecular complexity index is 838. The Hall–Kier alpha value is -2.55. The Kier molecular flexibility index (Phi) is 3.85. The van der Waals surface area contributed by atoms with Gasteiger partial charge in [-0.15, -0.1) is 11.3 Å². The van der Waals surface area contributed by atoms with E-state index in [2.05, 4.69) is 25.3 Å². The molecule has 1 N–H and O–H groups in total. The molecule has 0 aromatic carbocycles. The van der Waals surface area contributed by atoms with Crippen LogP contribution >= 0.6 is 11.3 Å². The molecule has 1 amide bonds. The number of aromatic nitrogens is 6. The number of nitrogens with one attached hydrogen (secondary N) is 1. The van der Waals surface area contributed by atoms with Crippen LogP contribution in [0.25, 0.3) is 10.8 Å². The van der Waals surface area contributed by atoms with Crippen LogP contribution in [0.5, 0.6) is 0 Å². The number of aryl methyl sites for hydroxylation is 1. The van der Waals surface area contributed by atoms with Crippen molar-refractivity contribution in [2.45, 2.75) is 25.8 Å². The van der Waals surface area contributed by atoms with Crippen LogP contribution in [0.4, 0.5) is 0 Å². The molecule has 4 heterocycles. The first-order valence-corrected chi connectivity index (χ1v) is 8.70. The summed E-state index contributed by atoms with van der Waals surface area (Å²) in [6.45, 7) is 3.44. The molecule has 4 rings (SSSR count). The summed E-state index contributed by atoms with van der Waals surface area (Å²) in [7, 11) is 0. The zero-order valence-electron chi connectivity index (χ0n) is 13.2. The minimum atomic E-state index is -0.0365. The van der Waals surface area contributed by atoms with Gasteiger partial charge in [-0.3, -0.25) is 14.6 Å². The topological polar surface area (TPSA) is 92.6 Å². The van der Waals surface area contributed by atoms with Gasteiger partial charge in [0.1, 0.15) is 12.0 Å². The number of H-pyrrole nitrogens is 1. The Labute approximate surface area is 142 Å². The van der Waals surface area contributed by atoms with Crippen LogP contribution < -0.4 is 0 Å². The van der Waals surface area contributed by atoms with Crippen LogP contribution in [0.3, 0.4) is 0 Å². The van der Waals surface area contributed by atoms with Gasteiger partial charge in [-0.1, -0.05) is 0 Å². The fourth-order valence-corrected chi connectivity index (χ4v) is 3.68. The number of hydrogen-bond acceptors (Lipinski definition) is 6. The third kappa shape index (κ3) is 2.82. The van der Waals surface area contributed by atoms with Gasteiger partial charge in [0, 0.05) is 24.7 Å². The fourth-order valence-electron chi connectivity index (χ4n) is 2.94. The van der Waals surface area contributed by atoms with Crippen LogP contribution in [0.1, 0.15) is 34.9 Å². The van der Waals surface area contributed by atoms with E-state index in [0.29, 0.717) is 23.1 Å². The molecule has 1 aliphatic rings. The number of rotatable bonds is 3. The van der Waals surface area contributed by atoms with Crippen molar-refractivity contribution in [3.8, 4) is 10.8 Å². The van der Waals surface area contributed by atoms with Gasteiger partial charge in [-0.05, 0) is 25.3 Å². The Morgan fingerprint density at radius 3 is 3.12 bits per heavy atom. The predicted octanol–water partition coefficient (Wildman–Crippen LogP) is 1.91. The van der Waals surface area contributed by atoms with Crippen molar-refractivity contribution in [2.75, 3.05) is 13.1 Å². The van der Waals surface area contributed by atoms with E-state index in [0.717, 1.165) is 24.9 Å². The van der Waals surface area contributed by atoms with Crippen molar-refractivity contribution in [3.05, 3.63) is 35.4 Å². The molecular formula is C15H17N7OS. The molecule has 0 bridgehead atoms. The first-order chi connectivity index (χ1) is 11.7. The zero-order valence-corrected chi connectivity index (χ0v) is 14.0. The van der Waals surface area contributed by atoms with Crippen molar-refractivity contribution >= 4 is 17.2 Å². The van der Waals surface area contributed by atoms with Gasteiger partial charge in [-0.25, -0.2) is 9.97 Å². The Morgan fingerprint density at radius 1 is 1.46 bits per heavy atom. The second kappa shape index (κ2) is 6.16. The molecule has 24 heavy (non-hydrogen) atoms. The average Bonchev–Trinajstić information content (AvgIpc) is 3.34. The van der Waals surface area contributed by atoms with Gasteiger partial charge in [0.25, 0.3) is 5.91 Å². The number of hydrogen-bond donors (Lipinski definition) is 1. The van der Waals surface area contributed by atoms with Crippen LogP contribution in [-0.2, 0) is 0 Å². The van der Waals surface area contributed by atoms with Crippen molar-refractivity contribution in [1.29, 1.82) is 0 Å². The standard InChI is InChI=1S/C15H17N7OS/c1-10-5-18-22(6-10)11-3-2-4-21(7-11)15(23)12-8-24-14(19-12)13-16-9-17-20-13/h5-6,8-9,11H,2-4,7H2,1H3,(H,16,17,20). The molecule has 0 saturated carbocycles. The normalized spacial score (nSPS) is 18.0. The maximum atomic E-state index is 12.8. The van der Waals surface area contributed by atoms with E-state index >= 15 is 0 Å². The van der Waals surface area contributed by atoms with Gasteiger partial charge in [0.05, 0.1) is 12.2 Å². The van der Waals surface area contributed by atoms with Crippen molar-refractivity contribution in [1.82, 2.24) is 34.8 Å². The molecule has 8 nitrogen and oxygen atoms in total. The number of amides is 1. The van der Waals surface area contributed by atoms with Gasteiger partial charge >= 0.3 is 0 Å². The molecule has 3 aromatic heterocycles. The minimum absolute atomic E-state index is 0.0365. The van der Waals surface area contributed by atoms with E-state index in [-0.39, 0.29) is 11.9 Å². The molecule has 1 aliphatic heterocycles. The number of aromatic amines is 1. The lowest BCUT2D eigenvalue weighted by Crippen LogP contribution is -2.41. The second-order valence-corrected chi connectivity index (χ2v) is 6.77. The first kappa shape index (κ1) is 15.0. The van der Waals surface area contributed by atoms with E-state index in [9.17, 15) is 4.79 Å². The SMILES string of the molecule is Cc1cnn(C2CCCN(C(=O)c3csc(-c4ncn[nH]4)n3)C2)c1. The third-order valence-corrected chi connectivity index (χ3v) is 4.98. The summed E-state index contributed by atoms with van der Waals surface area (Å²) >= 11 is 1.39. The molecule has 1 atom stereocenters. The molecule has 0 aliphatic carbocycles. The maximum Gasteiger partial charge on any atom is 0.273 e. The lowest BCUT2D eigenvalue weighted by atomic mass is 10.1. The van der Waals surface area contributed by atoms with Crippen LogP contribution in [0.2, 0.25) is 0 Å². The molecule has 1 saturated heterocycles. The minimum Gasteiger partial charge on any atom is -0.335 e. The first-order valence-electron chi connectivity index (χ1n) is 7.82. The molecule has 0 radical (unpaired) electrons. The van der Waals surface area contributed by atoms with Gasteiger partial charge in [0.2, 0.25) is 0 Å². The second-order valence-electron chi connectivity index (χ2n) is 5.92. The summed E-state index contributed by atoms with van der Waals surface area (Å²) in [5.74, 6) is 0.549. The molecule has 1 unspecified atom stereocenters. The van der Waals surface area contributed by atoms with Crippen LogP contribution in [0, 0.1) is 6.92 Å². The smallest absolute Gasteiger partial charge is 0.273 e. The molecule has 124 valence electrons. The predicted molar refractivity (Wildman–Crippen MR) is 88.6 cm³/mol. The van der Waals surface area contributed by atoms with E-state index < -0.39 is 0 Å². The Balaban J connectivity index is 1.50. The van der Waals surface area contributed by atoms with E-state index in [4.69, 9.17) is 0 Å². The highest BCUT2D eigenvalue weighted by Gasteiger charge is 2.27. The summed E-state index contributed by atoms with van der Waals surface area (Å²) in [6, 6.07) is 0.226. The van der Waals surface area contributed by atoms with Crippen LogP contribution in [-0.4, -0.2) is 53.8 Å². The highest BCUT2D eigenvalue weighted by molar-refractivity contribution is 7.13. The highest BCUT2D eigenvalue weighted by Crippen LogP contribution is 2.25. The van der Waals surface area contributed by atoms with Gasteiger partial charge in [-0.2, -0.15) is 10.2 Å². The lowest BCUT2D eigenvalue weighted by Gasteiger charge is -2.32. The zero-order chi connectivity index (χ0) is 16.5. The summed E-state index contributed by atoms with van der Waals surface area (Å²) in [6.07, 6.45) is 7.31. The molecule has 3 aromatic rings. The van der Waals surface area contributed by atoms with Crippen molar-refractivity contribution in [2.24, 2.45) is 0 Å². The molecule has 0 spiro atoms. The molecular weight excluding hydrogens is 326 g/mol. The quantitative estimate of drug-likeness (QED) is 0.784. The van der Waals surface area contributed by atoms with Gasteiger partial charge < -0.3 is 4.90 Å². The average molecular weight is 343 g/mol. The summed E-state index contributed by atoms with van der Waals surface area (Å²) in [4.78, 5) is 23.1. The number of thiazole rings is 1. The number of likely N-dealkylation sites (tertiary alicyclic amines) is 1. The summed E-state index contributed by atoms with van der Waals surface area (Å²) in [5, 5.41) is 13.4. The summed E-state index contributed by atoms with van der Waals surface area (Å²) < 4.78 is 1.97. The third-order valence-electron chi connectivity index (χ3n) is 4.13. The number of carbonyl (C=O) groups excluding carboxylic acids is 1. The number of piperidine rings is 1. The van der Waals surface area contributed by atoms with E-state index in [1.165, 1.54) is 17.7 Å². The molecule has 9 heteroatoms. The monoisotopic (exact) mass is 343 g/mol. The number of nitrogens with zero attached hydrogens (tertiary/aromatic N) is 6. The summed E-state index contributed by atoms with van der Waals surface area (Å²) in [5.41, 5.74) is 1.60. The maximum absolute atomic E-state index is 12.8.